The Labute approximate surface area is 96.8 Å². The standard InChI is InChI=1S/C12H12F3NO/c13-12(14,15)7-3-4-8-10(6-7)17-9-2-1-5-16-11(8)9/h3-4,6,9,11,16H,1-2,5H2. The number of nitrogens with one attached hydrogen (secondary N) is 1. The lowest BCUT2D eigenvalue weighted by molar-refractivity contribution is -0.137. The lowest BCUT2D eigenvalue weighted by Crippen LogP contribution is -2.36. The van der Waals surface area contributed by atoms with Crippen LogP contribution >= 0.6 is 0 Å². The van der Waals surface area contributed by atoms with Crippen LogP contribution < -0.4 is 10.1 Å². The van der Waals surface area contributed by atoms with Gasteiger partial charge in [-0.25, -0.2) is 0 Å². The first kappa shape index (κ1) is 10.9. The van der Waals surface area contributed by atoms with E-state index in [1.54, 1.807) is 0 Å². The molecule has 0 spiro atoms. The van der Waals surface area contributed by atoms with Gasteiger partial charge in [0.15, 0.2) is 0 Å². The van der Waals surface area contributed by atoms with E-state index >= 15 is 0 Å². The van der Waals surface area contributed by atoms with Crippen LogP contribution in [0, 0.1) is 0 Å². The molecule has 0 aromatic heterocycles. The number of hydrogen-bond acceptors (Lipinski definition) is 2. The van der Waals surface area contributed by atoms with Gasteiger partial charge in [0.25, 0.3) is 0 Å². The molecule has 0 aliphatic carbocycles. The highest BCUT2D eigenvalue weighted by atomic mass is 19.4. The predicted octanol–water partition coefficient (Wildman–Crippen LogP) is 2.89. The largest absolute Gasteiger partial charge is 0.488 e. The van der Waals surface area contributed by atoms with Crippen molar-refractivity contribution in [3.63, 3.8) is 0 Å². The van der Waals surface area contributed by atoms with Gasteiger partial charge in [-0.15, -0.1) is 0 Å². The van der Waals surface area contributed by atoms with Crippen molar-refractivity contribution in [1.82, 2.24) is 5.32 Å². The third-order valence-electron chi connectivity index (χ3n) is 3.36. The maximum Gasteiger partial charge on any atom is 0.416 e. The van der Waals surface area contributed by atoms with Crippen LogP contribution in [0.15, 0.2) is 18.2 Å². The van der Waals surface area contributed by atoms with Gasteiger partial charge in [0.05, 0.1) is 11.6 Å². The van der Waals surface area contributed by atoms with E-state index in [4.69, 9.17) is 4.74 Å². The van der Waals surface area contributed by atoms with E-state index in [2.05, 4.69) is 5.32 Å². The molecule has 5 heteroatoms. The smallest absolute Gasteiger partial charge is 0.416 e. The van der Waals surface area contributed by atoms with Gasteiger partial charge in [0.2, 0.25) is 0 Å². The van der Waals surface area contributed by atoms with Crippen molar-refractivity contribution in [2.24, 2.45) is 0 Å². The molecule has 0 amide bonds. The Morgan fingerprint density at radius 1 is 1.29 bits per heavy atom. The Hall–Kier alpha value is -1.23. The molecule has 2 aliphatic heterocycles. The summed E-state index contributed by atoms with van der Waals surface area (Å²) in [5, 5.41) is 3.29. The maximum absolute atomic E-state index is 12.6. The molecular formula is C12H12F3NO. The summed E-state index contributed by atoms with van der Waals surface area (Å²) in [4.78, 5) is 0. The lowest BCUT2D eigenvalue weighted by Gasteiger charge is -2.25. The van der Waals surface area contributed by atoms with E-state index in [9.17, 15) is 13.2 Å². The zero-order chi connectivity index (χ0) is 12.0. The fourth-order valence-electron chi connectivity index (χ4n) is 2.53. The molecule has 2 atom stereocenters. The van der Waals surface area contributed by atoms with Crippen molar-refractivity contribution >= 4 is 0 Å². The predicted molar refractivity (Wildman–Crippen MR) is 55.8 cm³/mol. The molecule has 2 unspecified atom stereocenters. The van der Waals surface area contributed by atoms with Crippen LogP contribution in [-0.2, 0) is 6.18 Å². The van der Waals surface area contributed by atoms with E-state index < -0.39 is 11.7 Å². The number of rotatable bonds is 0. The average molecular weight is 243 g/mol. The number of alkyl halides is 3. The third kappa shape index (κ3) is 1.78. The molecule has 0 saturated carbocycles. The van der Waals surface area contributed by atoms with Crippen molar-refractivity contribution in [3.8, 4) is 5.75 Å². The molecule has 0 bridgehead atoms. The van der Waals surface area contributed by atoms with Gasteiger partial charge in [-0.3, -0.25) is 0 Å². The second-order valence-electron chi connectivity index (χ2n) is 4.48. The Morgan fingerprint density at radius 2 is 2.12 bits per heavy atom. The summed E-state index contributed by atoms with van der Waals surface area (Å²) >= 11 is 0. The fraction of sp³-hybridized carbons (Fsp3) is 0.500. The zero-order valence-corrected chi connectivity index (χ0v) is 9.05. The molecule has 92 valence electrons. The zero-order valence-electron chi connectivity index (χ0n) is 9.05. The summed E-state index contributed by atoms with van der Waals surface area (Å²) in [6.45, 7) is 0.894. The second-order valence-corrected chi connectivity index (χ2v) is 4.48. The fourth-order valence-corrected chi connectivity index (χ4v) is 2.53. The van der Waals surface area contributed by atoms with Gasteiger partial charge in [0, 0.05) is 5.56 Å². The van der Waals surface area contributed by atoms with E-state index in [1.807, 2.05) is 0 Å². The quantitative estimate of drug-likeness (QED) is 0.756. The highest BCUT2D eigenvalue weighted by molar-refractivity contribution is 5.44. The number of piperidine rings is 1. The number of fused-ring (bicyclic) bond motifs is 3. The van der Waals surface area contributed by atoms with E-state index in [1.165, 1.54) is 6.07 Å². The van der Waals surface area contributed by atoms with Gasteiger partial charge < -0.3 is 10.1 Å². The Kier molecular flexibility index (Phi) is 2.33. The average Bonchev–Trinajstić information content (AvgIpc) is 2.65. The molecule has 0 radical (unpaired) electrons. The normalized spacial score (nSPS) is 27.2. The first-order chi connectivity index (χ1) is 8.05. The molecule has 1 fully saturated rings. The van der Waals surface area contributed by atoms with Crippen molar-refractivity contribution in [2.45, 2.75) is 31.2 Å². The van der Waals surface area contributed by atoms with Gasteiger partial charge in [-0.1, -0.05) is 6.07 Å². The molecule has 2 aliphatic rings. The van der Waals surface area contributed by atoms with Crippen LogP contribution in [0.3, 0.4) is 0 Å². The first-order valence-corrected chi connectivity index (χ1v) is 5.67. The van der Waals surface area contributed by atoms with Gasteiger partial charge in [-0.05, 0) is 31.5 Å². The molecule has 2 nitrogen and oxygen atoms in total. The molecule has 2 heterocycles. The lowest BCUT2D eigenvalue weighted by atomic mass is 9.96. The number of halogens is 3. The summed E-state index contributed by atoms with van der Waals surface area (Å²) in [5.41, 5.74) is 0.206. The SMILES string of the molecule is FC(F)(F)c1ccc2c(c1)OC1CCCNC21. The molecule has 1 aromatic rings. The Morgan fingerprint density at radius 3 is 2.88 bits per heavy atom. The molecular weight excluding hydrogens is 231 g/mol. The van der Waals surface area contributed by atoms with Crippen molar-refractivity contribution in [2.75, 3.05) is 6.54 Å². The topological polar surface area (TPSA) is 21.3 Å². The first-order valence-electron chi connectivity index (χ1n) is 5.67. The van der Waals surface area contributed by atoms with E-state index in [0.29, 0.717) is 5.75 Å². The second kappa shape index (κ2) is 3.63. The molecule has 17 heavy (non-hydrogen) atoms. The van der Waals surface area contributed by atoms with Crippen molar-refractivity contribution in [1.29, 1.82) is 0 Å². The summed E-state index contributed by atoms with van der Waals surface area (Å²) < 4.78 is 43.3. The van der Waals surface area contributed by atoms with Crippen molar-refractivity contribution < 1.29 is 17.9 Å². The van der Waals surface area contributed by atoms with Crippen LogP contribution in [0.4, 0.5) is 13.2 Å². The molecule has 1 saturated heterocycles. The number of benzene rings is 1. The maximum atomic E-state index is 12.6. The highest BCUT2D eigenvalue weighted by Crippen LogP contribution is 2.42. The molecule has 3 rings (SSSR count). The highest BCUT2D eigenvalue weighted by Gasteiger charge is 2.38. The minimum absolute atomic E-state index is 0.0118. The van der Waals surface area contributed by atoms with Crippen molar-refractivity contribution in [3.05, 3.63) is 29.3 Å². The Balaban J connectivity index is 1.97. The number of hydrogen-bond donors (Lipinski definition) is 1. The molecule has 1 aromatic carbocycles. The Bertz CT molecular complexity index is 444. The summed E-state index contributed by atoms with van der Waals surface area (Å²) in [6, 6.07) is 3.82. The van der Waals surface area contributed by atoms with Crippen LogP contribution in [0.5, 0.6) is 5.75 Å². The minimum Gasteiger partial charge on any atom is -0.488 e. The van der Waals surface area contributed by atoms with Crippen LogP contribution in [0.2, 0.25) is 0 Å². The van der Waals surface area contributed by atoms with Gasteiger partial charge in [0.1, 0.15) is 11.9 Å². The minimum atomic E-state index is -4.31. The van der Waals surface area contributed by atoms with Crippen LogP contribution in [0.25, 0.3) is 0 Å². The summed E-state index contributed by atoms with van der Waals surface area (Å²) in [7, 11) is 0. The van der Waals surface area contributed by atoms with E-state index in [0.717, 1.165) is 37.1 Å². The summed E-state index contributed by atoms with van der Waals surface area (Å²) in [6.07, 6.45) is -2.42. The van der Waals surface area contributed by atoms with Gasteiger partial charge >= 0.3 is 6.18 Å². The van der Waals surface area contributed by atoms with Crippen LogP contribution in [0.1, 0.15) is 30.0 Å². The third-order valence-corrected chi connectivity index (χ3v) is 3.36. The summed E-state index contributed by atoms with van der Waals surface area (Å²) in [5.74, 6) is 0.379. The van der Waals surface area contributed by atoms with Crippen LogP contribution in [-0.4, -0.2) is 12.6 Å². The number of ether oxygens (including phenoxy) is 1. The monoisotopic (exact) mass is 243 g/mol. The molecule has 1 N–H and O–H groups in total. The van der Waals surface area contributed by atoms with E-state index in [-0.39, 0.29) is 12.1 Å². The van der Waals surface area contributed by atoms with Gasteiger partial charge in [-0.2, -0.15) is 13.2 Å².